The third-order valence-electron chi connectivity index (χ3n) is 2.33. The van der Waals surface area contributed by atoms with Gasteiger partial charge in [-0.2, -0.15) is 9.67 Å². The molecule has 0 saturated heterocycles. The van der Waals surface area contributed by atoms with Gasteiger partial charge in [-0.15, -0.1) is 5.10 Å². The zero-order valence-electron chi connectivity index (χ0n) is 11.2. The van der Waals surface area contributed by atoms with Crippen molar-refractivity contribution in [3.8, 4) is 5.69 Å². The van der Waals surface area contributed by atoms with E-state index in [9.17, 15) is 13.2 Å². The maximum Gasteiger partial charge on any atom is 0.244 e. The number of nitrogen functional groups attached to an aromatic ring is 1. The van der Waals surface area contributed by atoms with E-state index < -0.39 is 17.5 Å². The van der Waals surface area contributed by atoms with E-state index in [2.05, 4.69) is 15.4 Å². The second-order valence-corrected chi connectivity index (χ2v) is 5.30. The van der Waals surface area contributed by atoms with Crippen LogP contribution in [-0.4, -0.2) is 20.3 Å². The van der Waals surface area contributed by atoms with Crippen LogP contribution in [0.4, 0.5) is 25.1 Å². The molecular weight excluding hydrogens is 271 g/mol. The summed E-state index contributed by atoms with van der Waals surface area (Å²) in [5.74, 6) is -4.04. The van der Waals surface area contributed by atoms with Crippen LogP contribution in [0.3, 0.4) is 0 Å². The first-order valence-electron chi connectivity index (χ1n) is 5.83. The molecule has 0 fully saturated rings. The summed E-state index contributed by atoms with van der Waals surface area (Å²) in [7, 11) is 0. The number of hydrogen-bond acceptors (Lipinski definition) is 4. The van der Waals surface area contributed by atoms with Crippen LogP contribution < -0.4 is 11.1 Å². The quantitative estimate of drug-likeness (QED) is 0.832. The maximum absolute atomic E-state index is 13.2. The molecule has 20 heavy (non-hydrogen) atoms. The Morgan fingerprint density at radius 2 is 1.70 bits per heavy atom. The Morgan fingerprint density at radius 1 is 1.15 bits per heavy atom. The molecule has 0 aliphatic rings. The molecule has 5 nitrogen and oxygen atoms in total. The Morgan fingerprint density at radius 3 is 2.20 bits per heavy atom. The van der Waals surface area contributed by atoms with E-state index in [1.54, 1.807) is 0 Å². The molecule has 0 radical (unpaired) electrons. The van der Waals surface area contributed by atoms with E-state index in [1.165, 1.54) is 0 Å². The van der Waals surface area contributed by atoms with E-state index in [-0.39, 0.29) is 23.1 Å². The number of nitrogens with zero attached hydrogens (tertiary/aromatic N) is 3. The number of nitrogens with two attached hydrogens (primary N) is 1. The minimum atomic E-state index is -1.54. The summed E-state index contributed by atoms with van der Waals surface area (Å²) in [5, 5.41) is 6.96. The normalized spacial score (nSPS) is 11.7. The molecule has 0 unspecified atom stereocenters. The van der Waals surface area contributed by atoms with Crippen molar-refractivity contribution in [2.24, 2.45) is 0 Å². The first-order chi connectivity index (χ1) is 9.17. The smallest absolute Gasteiger partial charge is 0.244 e. The summed E-state index contributed by atoms with van der Waals surface area (Å²) in [5.41, 5.74) is 5.29. The minimum Gasteiger partial charge on any atom is -0.368 e. The van der Waals surface area contributed by atoms with Crippen molar-refractivity contribution in [2.75, 3.05) is 11.1 Å². The number of hydrogen-bond donors (Lipinski definition) is 2. The highest BCUT2D eigenvalue weighted by molar-refractivity contribution is 5.43. The first-order valence-corrected chi connectivity index (χ1v) is 5.83. The van der Waals surface area contributed by atoms with Crippen molar-refractivity contribution < 1.29 is 13.2 Å². The van der Waals surface area contributed by atoms with Gasteiger partial charge in [0, 0.05) is 17.7 Å². The SMILES string of the molecule is CC(C)(C)Nc1nc(N)n(-c2cc(F)c(F)c(F)c2)n1. The van der Waals surface area contributed by atoms with Crippen molar-refractivity contribution in [2.45, 2.75) is 26.3 Å². The monoisotopic (exact) mass is 285 g/mol. The van der Waals surface area contributed by atoms with Crippen LogP contribution in [0.25, 0.3) is 5.69 Å². The lowest BCUT2D eigenvalue weighted by Crippen LogP contribution is -2.26. The fraction of sp³-hybridized carbons (Fsp3) is 0.333. The van der Waals surface area contributed by atoms with Gasteiger partial charge in [-0.05, 0) is 20.8 Å². The molecule has 1 aromatic carbocycles. The number of halogens is 3. The molecule has 108 valence electrons. The molecule has 1 aromatic heterocycles. The predicted molar refractivity (Wildman–Crippen MR) is 69.0 cm³/mol. The summed E-state index contributed by atoms with van der Waals surface area (Å²) in [4.78, 5) is 3.93. The fourth-order valence-electron chi connectivity index (χ4n) is 1.57. The van der Waals surface area contributed by atoms with Crippen molar-refractivity contribution in [1.29, 1.82) is 0 Å². The summed E-state index contributed by atoms with van der Waals surface area (Å²) >= 11 is 0. The molecule has 0 atom stereocenters. The first kappa shape index (κ1) is 14.2. The van der Waals surface area contributed by atoms with Crippen molar-refractivity contribution in [3.63, 3.8) is 0 Å². The van der Waals surface area contributed by atoms with Gasteiger partial charge in [-0.3, -0.25) is 0 Å². The molecule has 1 heterocycles. The summed E-state index contributed by atoms with van der Waals surface area (Å²) in [6.07, 6.45) is 0. The molecule has 0 bridgehead atoms. The van der Waals surface area contributed by atoms with Crippen LogP contribution in [0.2, 0.25) is 0 Å². The van der Waals surface area contributed by atoms with E-state index in [0.717, 1.165) is 16.8 Å². The largest absolute Gasteiger partial charge is 0.368 e. The van der Waals surface area contributed by atoms with Gasteiger partial charge in [0.2, 0.25) is 11.9 Å². The predicted octanol–water partition coefficient (Wildman–Crippen LogP) is 2.48. The molecule has 0 spiro atoms. The zero-order chi connectivity index (χ0) is 15.1. The molecule has 0 amide bonds. The average molecular weight is 285 g/mol. The number of benzene rings is 1. The third kappa shape index (κ3) is 2.84. The number of nitrogens with one attached hydrogen (secondary N) is 1. The van der Waals surface area contributed by atoms with Gasteiger partial charge >= 0.3 is 0 Å². The zero-order valence-corrected chi connectivity index (χ0v) is 11.2. The molecule has 2 rings (SSSR count). The Hall–Kier alpha value is -2.25. The molecule has 0 saturated carbocycles. The Bertz CT molecular complexity index is 622. The van der Waals surface area contributed by atoms with Crippen LogP contribution in [0, 0.1) is 17.5 Å². The topological polar surface area (TPSA) is 68.8 Å². The Labute approximate surface area is 113 Å². The minimum absolute atomic E-state index is 0.0478. The molecule has 8 heteroatoms. The lowest BCUT2D eigenvalue weighted by molar-refractivity contribution is 0.446. The van der Waals surface area contributed by atoms with Crippen LogP contribution >= 0.6 is 0 Å². The van der Waals surface area contributed by atoms with Gasteiger partial charge in [0.25, 0.3) is 0 Å². The summed E-state index contributed by atoms with van der Waals surface area (Å²) in [6, 6.07) is 1.59. The molecule has 0 aliphatic heterocycles. The van der Waals surface area contributed by atoms with Gasteiger partial charge in [0.15, 0.2) is 17.5 Å². The third-order valence-corrected chi connectivity index (χ3v) is 2.33. The molecule has 0 aliphatic carbocycles. The second kappa shape index (κ2) is 4.69. The van der Waals surface area contributed by atoms with Crippen LogP contribution in [-0.2, 0) is 0 Å². The highest BCUT2D eigenvalue weighted by Crippen LogP contribution is 2.20. The van der Waals surface area contributed by atoms with Crippen LogP contribution in [0.1, 0.15) is 20.8 Å². The summed E-state index contributed by atoms with van der Waals surface area (Å²) in [6.45, 7) is 5.67. The number of aromatic nitrogens is 3. The van der Waals surface area contributed by atoms with Gasteiger partial charge in [0.1, 0.15) is 0 Å². The maximum atomic E-state index is 13.2. The van der Waals surface area contributed by atoms with E-state index in [4.69, 9.17) is 5.73 Å². The van der Waals surface area contributed by atoms with Gasteiger partial charge in [-0.1, -0.05) is 0 Å². The second-order valence-electron chi connectivity index (χ2n) is 5.30. The highest BCUT2D eigenvalue weighted by atomic mass is 19.2. The van der Waals surface area contributed by atoms with Gasteiger partial charge in [0.05, 0.1) is 5.69 Å². The Balaban J connectivity index is 2.43. The fourth-order valence-corrected chi connectivity index (χ4v) is 1.57. The lowest BCUT2D eigenvalue weighted by atomic mass is 10.1. The van der Waals surface area contributed by atoms with Gasteiger partial charge in [-0.25, -0.2) is 13.2 Å². The van der Waals surface area contributed by atoms with Crippen molar-refractivity contribution in [3.05, 3.63) is 29.6 Å². The van der Waals surface area contributed by atoms with E-state index in [0.29, 0.717) is 0 Å². The van der Waals surface area contributed by atoms with Crippen LogP contribution in [0.5, 0.6) is 0 Å². The Kier molecular flexibility index (Phi) is 3.33. The molecule has 3 N–H and O–H groups in total. The van der Waals surface area contributed by atoms with E-state index >= 15 is 0 Å². The highest BCUT2D eigenvalue weighted by Gasteiger charge is 2.17. The van der Waals surface area contributed by atoms with Gasteiger partial charge < -0.3 is 11.1 Å². The number of anilines is 2. The average Bonchev–Trinajstić information content (AvgIpc) is 2.63. The van der Waals surface area contributed by atoms with Crippen LogP contribution in [0.15, 0.2) is 12.1 Å². The standard InChI is InChI=1S/C12H14F3N5/c1-12(2,3)18-11-17-10(16)20(19-11)6-4-7(13)9(15)8(14)5-6/h4-5H,1-3H3,(H3,16,17,18,19). The van der Waals surface area contributed by atoms with Crippen molar-refractivity contribution in [1.82, 2.24) is 14.8 Å². The summed E-state index contributed by atoms with van der Waals surface area (Å²) < 4.78 is 40.3. The van der Waals surface area contributed by atoms with E-state index in [1.807, 2.05) is 20.8 Å². The molecular formula is C12H14F3N5. The number of rotatable bonds is 2. The van der Waals surface area contributed by atoms with Crippen molar-refractivity contribution >= 4 is 11.9 Å². The molecule has 2 aromatic rings. The lowest BCUT2D eigenvalue weighted by Gasteiger charge is -2.18.